The van der Waals surface area contributed by atoms with Gasteiger partial charge in [0.2, 0.25) is 0 Å². The van der Waals surface area contributed by atoms with E-state index in [0.717, 1.165) is 17.6 Å². The summed E-state index contributed by atoms with van der Waals surface area (Å²) in [4.78, 5) is 4.22. The van der Waals surface area contributed by atoms with E-state index in [1.54, 1.807) is 6.20 Å². The van der Waals surface area contributed by atoms with Crippen molar-refractivity contribution in [2.75, 3.05) is 0 Å². The number of hydrogen-bond acceptors (Lipinski definition) is 2. The maximum absolute atomic E-state index is 4.22. The highest BCUT2D eigenvalue weighted by Crippen LogP contribution is 2.22. The highest BCUT2D eigenvalue weighted by Gasteiger charge is 2.22. The molecule has 1 rings (SSSR count). The molecule has 0 amide bonds. The minimum absolute atomic E-state index is 0.295. The molecule has 0 aliphatic heterocycles. The summed E-state index contributed by atoms with van der Waals surface area (Å²) in [7, 11) is 0. The van der Waals surface area contributed by atoms with Crippen molar-refractivity contribution < 1.29 is 0 Å². The molecule has 90 valence electrons. The molecule has 0 unspecified atom stereocenters. The number of hydrogen-bond donors (Lipinski definition) is 1. The largest absolute Gasteiger partial charge is 0.309 e. The molecular weight excluding hydrogens is 264 g/mol. The number of pyridine rings is 1. The van der Waals surface area contributed by atoms with Crippen molar-refractivity contribution in [2.45, 2.75) is 46.7 Å². The third kappa shape index (κ3) is 3.87. The fourth-order valence-electron chi connectivity index (χ4n) is 1.85. The Labute approximate surface area is 107 Å². The van der Waals surface area contributed by atoms with Crippen LogP contribution in [0.25, 0.3) is 0 Å². The van der Waals surface area contributed by atoms with Crippen LogP contribution in [0.1, 0.15) is 39.7 Å². The summed E-state index contributed by atoms with van der Waals surface area (Å²) < 4.78 is 0.936. The van der Waals surface area contributed by atoms with E-state index < -0.39 is 0 Å². The van der Waals surface area contributed by atoms with Crippen LogP contribution in [0, 0.1) is 5.41 Å². The third-order valence-corrected chi connectivity index (χ3v) is 3.54. The minimum Gasteiger partial charge on any atom is -0.309 e. The van der Waals surface area contributed by atoms with Crippen LogP contribution >= 0.6 is 15.9 Å². The van der Waals surface area contributed by atoms with Gasteiger partial charge in [-0.1, -0.05) is 33.8 Å². The number of aromatic nitrogens is 1. The number of rotatable bonds is 4. The fourth-order valence-corrected chi connectivity index (χ4v) is 2.24. The van der Waals surface area contributed by atoms with E-state index in [-0.39, 0.29) is 0 Å². The predicted octanol–water partition coefficient (Wildman–Crippen LogP) is 3.76. The summed E-state index contributed by atoms with van der Waals surface area (Å²) in [6.07, 6.45) is 2.94. The molecule has 1 aromatic rings. The maximum Gasteiger partial charge on any atom is 0.110 e. The molecule has 0 fully saturated rings. The molecule has 1 atom stereocenters. The van der Waals surface area contributed by atoms with Crippen LogP contribution in [-0.2, 0) is 6.54 Å². The van der Waals surface area contributed by atoms with Crippen LogP contribution in [0.2, 0.25) is 0 Å². The van der Waals surface area contributed by atoms with Crippen LogP contribution < -0.4 is 5.32 Å². The van der Waals surface area contributed by atoms with Gasteiger partial charge in [0.15, 0.2) is 0 Å². The van der Waals surface area contributed by atoms with Gasteiger partial charge < -0.3 is 5.32 Å². The number of nitrogens with zero attached hydrogens (tertiary/aromatic N) is 1. The highest BCUT2D eigenvalue weighted by atomic mass is 79.9. The number of nitrogens with one attached hydrogen (secondary N) is 1. The van der Waals surface area contributed by atoms with E-state index in [0.29, 0.717) is 11.5 Å². The normalized spacial score (nSPS) is 13.8. The smallest absolute Gasteiger partial charge is 0.110 e. The molecule has 0 bridgehead atoms. The van der Waals surface area contributed by atoms with Crippen molar-refractivity contribution in [3.05, 3.63) is 28.5 Å². The predicted molar refractivity (Wildman–Crippen MR) is 72.3 cm³/mol. The molecule has 0 radical (unpaired) electrons. The van der Waals surface area contributed by atoms with Gasteiger partial charge >= 0.3 is 0 Å². The Hall–Kier alpha value is -0.410. The Morgan fingerprint density at radius 1 is 1.44 bits per heavy atom. The van der Waals surface area contributed by atoms with Crippen molar-refractivity contribution in [2.24, 2.45) is 5.41 Å². The third-order valence-electron chi connectivity index (χ3n) is 2.83. The first-order chi connectivity index (χ1) is 7.45. The fraction of sp³-hybridized carbons (Fsp3) is 0.615. The molecule has 0 aliphatic rings. The molecule has 0 aliphatic carbocycles. The van der Waals surface area contributed by atoms with Crippen LogP contribution in [-0.4, -0.2) is 11.0 Å². The van der Waals surface area contributed by atoms with E-state index >= 15 is 0 Å². The van der Waals surface area contributed by atoms with Crippen LogP contribution in [0.15, 0.2) is 22.9 Å². The average molecular weight is 285 g/mol. The Bertz CT molecular complexity index is 331. The Morgan fingerprint density at radius 2 is 2.12 bits per heavy atom. The molecule has 2 nitrogen and oxygen atoms in total. The van der Waals surface area contributed by atoms with Crippen LogP contribution in [0.3, 0.4) is 0 Å². The molecule has 0 spiro atoms. The standard InChI is InChI=1S/C13H21BrN2/c1-5-11(13(2,3)4)16-9-10-7-6-8-15-12(10)14/h6-8,11,16H,5,9H2,1-4H3/t11-/m0/s1. The minimum atomic E-state index is 0.295. The molecule has 1 aromatic heterocycles. The van der Waals surface area contributed by atoms with Crippen molar-refractivity contribution >= 4 is 15.9 Å². The second-order valence-electron chi connectivity index (χ2n) is 5.16. The zero-order valence-electron chi connectivity index (χ0n) is 10.5. The summed E-state index contributed by atoms with van der Waals surface area (Å²) in [5, 5.41) is 3.60. The molecule has 1 N–H and O–H groups in total. The quantitative estimate of drug-likeness (QED) is 0.852. The first kappa shape index (κ1) is 13.7. The van der Waals surface area contributed by atoms with E-state index in [1.807, 2.05) is 6.07 Å². The molecule has 0 aromatic carbocycles. The lowest BCUT2D eigenvalue weighted by molar-refractivity contribution is 0.259. The number of halogens is 1. The van der Waals surface area contributed by atoms with Crippen LogP contribution in [0.4, 0.5) is 0 Å². The summed E-state index contributed by atoms with van der Waals surface area (Å²) in [6.45, 7) is 9.90. The Morgan fingerprint density at radius 3 is 2.62 bits per heavy atom. The van der Waals surface area contributed by atoms with Gasteiger partial charge in [-0.05, 0) is 39.4 Å². The van der Waals surface area contributed by atoms with Gasteiger partial charge in [0.25, 0.3) is 0 Å². The van der Waals surface area contributed by atoms with Gasteiger partial charge in [-0.3, -0.25) is 0 Å². The lowest BCUT2D eigenvalue weighted by Gasteiger charge is -2.31. The first-order valence-corrected chi connectivity index (χ1v) is 6.57. The molecule has 1 heterocycles. The van der Waals surface area contributed by atoms with Gasteiger partial charge in [0.05, 0.1) is 0 Å². The molecule has 0 saturated heterocycles. The summed E-state index contributed by atoms with van der Waals surface area (Å²) in [6, 6.07) is 4.60. The SMILES string of the molecule is CC[C@H](NCc1cccnc1Br)C(C)(C)C. The van der Waals surface area contributed by atoms with E-state index in [2.05, 4.69) is 60.0 Å². The van der Waals surface area contributed by atoms with Crippen molar-refractivity contribution in [1.82, 2.24) is 10.3 Å². The van der Waals surface area contributed by atoms with Gasteiger partial charge in [0, 0.05) is 18.8 Å². The summed E-state index contributed by atoms with van der Waals surface area (Å²) in [5.41, 5.74) is 1.51. The molecular formula is C13H21BrN2. The highest BCUT2D eigenvalue weighted by molar-refractivity contribution is 9.10. The summed E-state index contributed by atoms with van der Waals surface area (Å²) in [5.74, 6) is 0. The van der Waals surface area contributed by atoms with Crippen molar-refractivity contribution in [1.29, 1.82) is 0 Å². The lowest BCUT2D eigenvalue weighted by atomic mass is 9.85. The second-order valence-corrected chi connectivity index (χ2v) is 5.91. The zero-order valence-corrected chi connectivity index (χ0v) is 12.1. The lowest BCUT2D eigenvalue weighted by Crippen LogP contribution is -2.39. The topological polar surface area (TPSA) is 24.9 Å². The first-order valence-electron chi connectivity index (χ1n) is 5.78. The van der Waals surface area contributed by atoms with Gasteiger partial charge in [-0.2, -0.15) is 0 Å². The Balaban J connectivity index is 2.60. The van der Waals surface area contributed by atoms with Crippen LogP contribution in [0.5, 0.6) is 0 Å². The van der Waals surface area contributed by atoms with Gasteiger partial charge in [0.1, 0.15) is 4.60 Å². The van der Waals surface area contributed by atoms with Crippen molar-refractivity contribution in [3.8, 4) is 0 Å². The second kappa shape index (κ2) is 5.78. The van der Waals surface area contributed by atoms with Gasteiger partial charge in [-0.25, -0.2) is 4.98 Å². The van der Waals surface area contributed by atoms with Crippen molar-refractivity contribution in [3.63, 3.8) is 0 Å². The Kier molecular flexibility index (Phi) is 4.93. The monoisotopic (exact) mass is 284 g/mol. The van der Waals surface area contributed by atoms with Gasteiger partial charge in [-0.15, -0.1) is 0 Å². The zero-order chi connectivity index (χ0) is 12.2. The molecule has 0 saturated carbocycles. The summed E-state index contributed by atoms with van der Waals surface area (Å²) >= 11 is 3.47. The maximum atomic E-state index is 4.22. The molecule has 3 heteroatoms. The molecule has 16 heavy (non-hydrogen) atoms. The average Bonchev–Trinajstić information content (AvgIpc) is 2.19. The van der Waals surface area contributed by atoms with E-state index in [4.69, 9.17) is 0 Å². The van der Waals surface area contributed by atoms with E-state index in [9.17, 15) is 0 Å². The van der Waals surface area contributed by atoms with E-state index in [1.165, 1.54) is 5.56 Å².